The molecule has 0 aromatic carbocycles. The fourth-order valence-electron chi connectivity index (χ4n) is 5.63. The molecule has 3 aliphatic heterocycles. The van der Waals surface area contributed by atoms with Gasteiger partial charge >= 0.3 is 0 Å². The average Bonchev–Trinajstić information content (AvgIpc) is 3.19. The van der Waals surface area contributed by atoms with Crippen LogP contribution in [-0.4, -0.2) is 58.4 Å². The molecule has 10 atom stereocenters. The Kier molecular flexibility index (Phi) is 16.2. The minimum atomic E-state index is -0.264. The molecule has 8 heteroatoms. The number of rotatable bonds is 3. The molecule has 4 fully saturated rings. The van der Waals surface area contributed by atoms with Crippen LogP contribution in [0.2, 0.25) is 0 Å². The van der Waals surface area contributed by atoms with Crippen molar-refractivity contribution in [3.63, 3.8) is 0 Å². The zero-order chi connectivity index (χ0) is 24.3. The van der Waals surface area contributed by atoms with Gasteiger partial charge in [-0.3, -0.25) is 0 Å². The van der Waals surface area contributed by atoms with Gasteiger partial charge in [-0.2, -0.15) is 11.8 Å². The number of ether oxygens (including phenoxy) is 3. The van der Waals surface area contributed by atoms with E-state index in [0.29, 0.717) is 23.7 Å². The summed E-state index contributed by atoms with van der Waals surface area (Å²) in [5.74, 6) is 2.03. The maximum atomic E-state index is 5.95. The molecule has 1 saturated carbocycles. The molecule has 3 heterocycles. The first kappa shape index (κ1) is 36.3. The van der Waals surface area contributed by atoms with Crippen LogP contribution in [0, 0.1) is 50.4 Å². The van der Waals surface area contributed by atoms with Gasteiger partial charge in [-0.05, 0) is 31.1 Å². The Labute approximate surface area is 265 Å². The van der Waals surface area contributed by atoms with Crippen molar-refractivity contribution in [3.8, 4) is 0 Å². The van der Waals surface area contributed by atoms with Gasteiger partial charge in [0.15, 0.2) is 0 Å². The topological polar surface area (TPSA) is 27.7 Å². The molecule has 3 nitrogen and oxygen atoms in total. The van der Waals surface area contributed by atoms with E-state index >= 15 is 0 Å². The fraction of sp³-hybridized carbons (Fsp3) is 0.846. The molecule has 3 saturated heterocycles. The second-order valence-corrected chi connectivity index (χ2v) is 10.3. The summed E-state index contributed by atoms with van der Waals surface area (Å²) < 4.78 is 16.8. The van der Waals surface area contributed by atoms with Gasteiger partial charge in [-0.1, -0.05) is 72.0 Å². The molecule has 1 aliphatic carbocycles. The van der Waals surface area contributed by atoms with Crippen molar-refractivity contribution in [3.05, 3.63) is 26.7 Å². The minimum absolute atomic E-state index is 0. The first-order valence-corrected chi connectivity index (χ1v) is 12.6. The van der Waals surface area contributed by atoms with Crippen LogP contribution in [0.15, 0.2) is 0 Å². The van der Waals surface area contributed by atoms with Crippen molar-refractivity contribution < 1.29 is 79.6 Å². The molecular weight excluding hydrogens is 571 g/mol. The van der Waals surface area contributed by atoms with Crippen LogP contribution in [0.4, 0.5) is 0 Å². The van der Waals surface area contributed by atoms with Crippen LogP contribution in [0.5, 0.6) is 0 Å². The minimum Gasteiger partial charge on any atom is -0.446 e. The third kappa shape index (κ3) is 8.39. The van der Waals surface area contributed by atoms with Gasteiger partial charge in [-0.15, -0.1) is 12.0 Å². The molecule has 0 aromatic heterocycles. The fourth-order valence-corrected chi connectivity index (χ4v) is 5.63. The van der Waals surface area contributed by atoms with E-state index in [-0.39, 0.29) is 100 Å². The normalized spacial score (nSPS) is 46.8. The Morgan fingerprint density at radius 1 is 0.794 bits per heavy atom. The van der Waals surface area contributed by atoms with E-state index in [1.54, 1.807) is 0 Å². The van der Waals surface area contributed by atoms with Crippen LogP contribution in [0.3, 0.4) is 0 Å². The molecule has 184 valence electrons. The molecule has 4 aliphatic rings. The zero-order valence-electron chi connectivity index (χ0n) is 22.5. The van der Waals surface area contributed by atoms with E-state index in [4.69, 9.17) is 37.7 Å². The van der Waals surface area contributed by atoms with Gasteiger partial charge in [0.05, 0.1) is 21.3 Å². The Morgan fingerprint density at radius 3 is 1.50 bits per heavy atom. The Hall–Kier alpha value is 2.28. The van der Waals surface area contributed by atoms with Crippen LogP contribution in [-0.2, 0) is 79.6 Å². The van der Waals surface area contributed by atoms with Crippen molar-refractivity contribution in [1.82, 2.24) is 0 Å². The van der Waals surface area contributed by atoms with E-state index in [9.17, 15) is 0 Å². The average molecular weight is 614 g/mol. The first-order chi connectivity index (χ1) is 14.9. The van der Waals surface area contributed by atoms with Gasteiger partial charge in [-0.25, -0.2) is 0 Å². The van der Waals surface area contributed by atoms with Crippen molar-refractivity contribution in [1.29, 1.82) is 0 Å². The molecule has 2 bridgehead atoms. The van der Waals surface area contributed by atoms with Gasteiger partial charge in [0.2, 0.25) is 0 Å². The van der Waals surface area contributed by atoms with Crippen molar-refractivity contribution >= 4 is 23.5 Å². The smallest absolute Gasteiger partial charge is 0.109 e. The van der Waals surface area contributed by atoms with E-state index in [0.717, 1.165) is 19.3 Å². The number of hydrogen-bond donors (Lipinski definition) is 0. The predicted octanol–water partition coefficient (Wildman–Crippen LogP) is 4.76. The van der Waals surface area contributed by atoms with Crippen LogP contribution >= 0.6 is 0 Å². The maximum Gasteiger partial charge on any atom is 0.109 e. The Morgan fingerprint density at radius 2 is 1.24 bits per heavy atom. The van der Waals surface area contributed by atoms with Gasteiger partial charge < -0.3 is 40.9 Å². The summed E-state index contributed by atoms with van der Waals surface area (Å²) in [5.41, 5.74) is -0.388. The maximum absolute atomic E-state index is 5.95. The SMILES string of the molecule is [B][C@@H]1OC2(CC)CCCC1[C@@H]2C.[B][C@H]1[CH-][C@@H](C)C([CH2-])(CC)O1.[B][C@H]1[CH-][C@H](C)C([CH2-])(CC)O1.[Y].[Y]. The van der Waals surface area contributed by atoms with Crippen molar-refractivity contribution in [2.24, 2.45) is 23.7 Å². The molecule has 34 heavy (non-hydrogen) atoms. The van der Waals surface area contributed by atoms with E-state index in [1.807, 2.05) is 12.8 Å². The van der Waals surface area contributed by atoms with Gasteiger partial charge in [0.25, 0.3) is 0 Å². The second-order valence-electron chi connectivity index (χ2n) is 10.3. The summed E-state index contributed by atoms with van der Waals surface area (Å²) in [6.07, 6.45) is 10.7. The predicted molar refractivity (Wildman–Crippen MR) is 135 cm³/mol. The van der Waals surface area contributed by atoms with E-state index < -0.39 is 0 Å². The first-order valence-electron chi connectivity index (χ1n) is 12.6. The molecule has 0 amide bonds. The summed E-state index contributed by atoms with van der Waals surface area (Å²) in [5, 5.41) is 0. The van der Waals surface area contributed by atoms with E-state index in [1.165, 1.54) is 19.3 Å². The monoisotopic (exact) mass is 614 g/mol. The third-order valence-corrected chi connectivity index (χ3v) is 8.56. The Balaban J connectivity index is 0.000000470. The number of hydrogen-bond acceptors (Lipinski definition) is 3. The zero-order valence-corrected chi connectivity index (χ0v) is 28.1. The van der Waals surface area contributed by atoms with Crippen LogP contribution in [0.1, 0.15) is 80.1 Å². The van der Waals surface area contributed by atoms with Gasteiger partial charge in [0, 0.05) is 71.4 Å². The Bertz CT molecular complexity index is 574. The molecule has 8 radical (unpaired) electrons. The van der Waals surface area contributed by atoms with E-state index in [2.05, 4.69) is 55.4 Å². The summed E-state index contributed by atoms with van der Waals surface area (Å²) in [6.45, 7) is 20.8. The van der Waals surface area contributed by atoms with Crippen molar-refractivity contribution in [2.75, 3.05) is 0 Å². The van der Waals surface area contributed by atoms with Crippen LogP contribution in [0.25, 0.3) is 0 Å². The third-order valence-electron chi connectivity index (χ3n) is 8.56. The largest absolute Gasteiger partial charge is 0.446 e. The second kappa shape index (κ2) is 15.2. The summed E-state index contributed by atoms with van der Waals surface area (Å²) in [7, 11) is 17.1. The summed E-state index contributed by atoms with van der Waals surface area (Å²) in [4.78, 5) is 0. The van der Waals surface area contributed by atoms with Crippen LogP contribution < -0.4 is 0 Å². The molecule has 0 N–H and O–H groups in total. The van der Waals surface area contributed by atoms with Crippen molar-refractivity contribution in [2.45, 2.75) is 115 Å². The molecule has 0 aromatic rings. The molecular formula is C26H43B3O3Y2-4. The summed E-state index contributed by atoms with van der Waals surface area (Å²) in [6, 6.07) is -0.414. The number of fused-ring (bicyclic) bond motifs is 2. The summed E-state index contributed by atoms with van der Waals surface area (Å²) >= 11 is 0. The standard InChI is InChI=1S/C10H17BO.2C8H13BO.2Y/c1-3-10-6-4-5-8(7(10)2)9(11)12-10;2*1-4-8(3)6(2)5-7(9)10-8;;/h7-9H,3-6H2,1-2H3;2*5-7H,3-4H2,1-2H3;;/q;2*-2;;/t7-,8?,9+,10?;6-,7+,8?;6-,7-,8?;;/m001../s1. The van der Waals surface area contributed by atoms with Gasteiger partial charge in [0.1, 0.15) is 7.85 Å². The molecule has 4 rings (SSSR count). The molecule has 4 unspecified atom stereocenters. The molecule has 0 spiro atoms. The quantitative estimate of drug-likeness (QED) is 0.340.